The van der Waals surface area contributed by atoms with Crippen molar-refractivity contribution in [3.63, 3.8) is 0 Å². The van der Waals surface area contributed by atoms with Crippen LogP contribution in [0.2, 0.25) is 0 Å². The first-order chi connectivity index (χ1) is 15.3. The molecule has 1 N–H and O–H groups in total. The maximum Gasteiger partial charge on any atom is 0.254 e. The number of amides is 3. The Morgan fingerprint density at radius 1 is 1.22 bits per heavy atom. The van der Waals surface area contributed by atoms with Gasteiger partial charge in [0, 0.05) is 17.9 Å². The fourth-order valence-corrected chi connectivity index (χ4v) is 4.73. The molecule has 0 spiro atoms. The van der Waals surface area contributed by atoms with Crippen molar-refractivity contribution in [2.75, 3.05) is 11.4 Å². The highest BCUT2D eigenvalue weighted by Crippen LogP contribution is 2.33. The summed E-state index contributed by atoms with van der Waals surface area (Å²) in [6.45, 7) is 5.49. The summed E-state index contributed by atoms with van der Waals surface area (Å²) in [5.41, 5.74) is 1.33. The Bertz CT molecular complexity index is 1040. The molecule has 0 bridgehead atoms. The predicted molar refractivity (Wildman–Crippen MR) is 124 cm³/mol. The van der Waals surface area contributed by atoms with E-state index in [0.29, 0.717) is 11.5 Å². The number of para-hydroxylation sites is 1. The molecule has 1 fully saturated rings. The molecule has 1 atom stereocenters. The van der Waals surface area contributed by atoms with Gasteiger partial charge in [0.25, 0.3) is 11.8 Å². The zero-order valence-corrected chi connectivity index (χ0v) is 18.9. The zero-order chi connectivity index (χ0) is 22.9. The molecule has 1 saturated carbocycles. The first-order valence-electron chi connectivity index (χ1n) is 11.2. The van der Waals surface area contributed by atoms with Crippen molar-refractivity contribution in [2.24, 2.45) is 4.99 Å². The molecule has 7 heteroatoms. The topological polar surface area (TPSA) is 82.1 Å². The Morgan fingerprint density at radius 2 is 1.94 bits per heavy atom. The van der Waals surface area contributed by atoms with E-state index >= 15 is 0 Å². The third-order valence-electron chi connectivity index (χ3n) is 6.49. The van der Waals surface area contributed by atoms with E-state index in [1.807, 2.05) is 44.2 Å². The molecule has 32 heavy (non-hydrogen) atoms. The monoisotopic (exact) mass is 434 g/mol. The molecule has 1 unspecified atom stereocenters. The number of aryl methyl sites for hydroxylation is 1. The molecule has 7 nitrogen and oxygen atoms in total. The highest BCUT2D eigenvalue weighted by Gasteiger charge is 2.48. The van der Waals surface area contributed by atoms with Crippen molar-refractivity contribution in [1.82, 2.24) is 10.2 Å². The molecule has 2 aliphatic heterocycles. The molecular formula is C25H30N4O3. The Kier molecular flexibility index (Phi) is 6.00. The molecule has 1 aliphatic carbocycles. The highest BCUT2D eigenvalue weighted by atomic mass is 16.2. The molecule has 168 valence electrons. The van der Waals surface area contributed by atoms with E-state index in [4.69, 9.17) is 0 Å². The molecule has 0 saturated heterocycles. The van der Waals surface area contributed by atoms with Crippen LogP contribution in [0.3, 0.4) is 0 Å². The van der Waals surface area contributed by atoms with E-state index in [0.717, 1.165) is 36.8 Å². The van der Waals surface area contributed by atoms with Gasteiger partial charge in [0.15, 0.2) is 0 Å². The van der Waals surface area contributed by atoms with Crippen LogP contribution < -0.4 is 10.2 Å². The van der Waals surface area contributed by atoms with Crippen LogP contribution in [-0.2, 0) is 14.4 Å². The minimum absolute atomic E-state index is 0.0564. The maximum atomic E-state index is 14.1. The minimum atomic E-state index is -1.18. The van der Waals surface area contributed by atoms with Crippen LogP contribution >= 0.6 is 0 Å². The van der Waals surface area contributed by atoms with E-state index in [2.05, 4.69) is 10.3 Å². The number of amidine groups is 1. The van der Waals surface area contributed by atoms with Crippen molar-refractivity contribution in [3.05, 3.63) is 53.8 Å². The van der Waals surface area contributed by atoms with E-state index in [-0.39, 0.29) is 36.7 Å². The van der Waals surface area contributed by atoms with Gasteiger partial charge in [0.2, 0.25) is 5.91 Å². The number of fused-ring (bicyclic) bond motifs is 1. The SMILES string of the molecule is CC1=CC2=NC(=O)CC(C)(C(=O)N(CC(=O)NC3CCCC3)c3ccccc3C)N2C=C1. The van der Waals surface area contributed by atoms with Gasteiger partial charge in [-0.15, -0.1) is 0 Å². The van der Waals surface area contributed by atoms with Gasteiger partial charge in [-0.05, 0) is 63.0 Å². The van der Waals surface area contributed by atoms with Crippen LogP contribution in [0.4, 0.5) is 5.69 Å². The van der Waals surface area contributed by atoms with Crippen molar-refractivity contribution < 1.29 is 14.4 Å². The smallest absolute Gasteiger partial charge is 0.254 e. The number of rotatable bonds is 5. The predicted octanol–water partition coefficient (Wildman–Crippen LogP) is 3.25. The molecule has 3 aliphatic rings. The maximum absolute atomic E-state index is 14.1. The second-order valence-electron chi connectivity index (χ2n) is 9.12. The lowest BCUT2D eigenvalue weighted by atomic mass is 9.89. The van der Waals surface area contributed by atoms with Crippen molar-refractivity contribution in [2.45, 2.75) is 64.5 Å². The van der Waals surface area contributed by atoms with Crippen LogP contribution in [0.1, 0.15) is 51.5 Å². The molecule has 2 heterocycles. The third kappa shape index (κ3) is 4.24. The number of nitrogens with one attached hydrogen (secondary N) is 1. The Labute approximate surface area is 188 Å². The molecule has 0 aromatic heterocycles. The van der Waals surface area contributed by atoms with Gasteiger partial charge in [-0.25, -0.2) is 0 Å². The standard InChI is InChI=1S/C25H30N4O3/c1-17-12-13-29-21(14-17)27-22(30)15-25(29,3)24(32)28(20-11-7-4-8-18(20)2)16-23(31)26-19-9-5-6-10-19/h4,7-8,11-14,19H,5-6,9-10,15-16H2,1-3H3,(H,26,31). The number of carbonyl (C=O) groups excluding carboxylic acids is 3. The first-order valence-corrected chi connectivity index (χ1v) is 11.2. The number of nitrogens with zero attached hydrogens (tertiary/aromatic N) is 3. The zero-order valence-electron chi connectivity index (χ0n) is 18.9. The average Bonchev–Trinajstić information content (AvgIpc) is 3.24. The third-order valence-corrected chi connectivity index (χ3v) is 6.49. The van der Waals surface area contributed by atoms with Gasteiger partial charge in [-0.3, -0.25) is 14.4 Å². The van der Waals surface area contributed by atoms with Gasteiger partial charge < -0.3 is 15.1 Å². The lowest BCUT2D eigenvalue weighted by Crippen LogP contribution is -2.62. The molecule has 1 aromatic carbocycles. The van der Waals surface area contributed by atoms with Crippen molar-refractivity contribution in [1.29, 1.82) is 0 Å². The number of allylic oxidation sites excluding steroid dienone is 2. The first kappa shape index (κ1) is 22.0. The summed E-state index contributed by atoms with van der Waals surface area (Å²) < 4.78 is 0. The molecular weight excluding hydrogens is 404 g/mol. The van der Waals surface area contributed by atoms with E-state index < -0.39 is 5.54 Å². The summed E-state index contributed by atoms with van der Waals surface area (Å²) in [7, 11) is 0. The molecule has 1 aromatic rings. The average molecular weight is 435 g/mol. The van der Waals surface area contributed by atoms with Crippen molar-refractivity contribution >= 4 is 29.2 Å². The second-order valence-corrected chi connectivity index (χ2v) is 9.12. The summed E-state index contributed by atoms with van der Waals surface area (Å²) in [5, 5.41) is 3.08. The summed E-state index contributed by atoms with van der Waals surface area (Å²) in [6, 6.07) is 7.68. The summed E-state index contributed by atoms with van der Waals surface area (Å²) >= 11 is 0. The van der Waals surface area contributed by atoms with Crippen LogP contribution in [0.15, 0.2) is 53.2 Å². The number of aliphatic imine (C=N–C) groups is 1. The van der Waals surface area contributed by atoms with Gasteiger partial charge in [0.05, 0.1) is 6.42 Å². The van der Waals surface area contributed by atoms with E-state index in [1.54, 1.807) is 24.1 Å². The molecule has 3 amide bonds. The number of benzene rings is 1. The number of hydrogen-bond donors (Lipinski definition) is 1. The van der Waals surface area contributed by atoms with Crippen LogP contribution in [-0.4, -0.2) is 46.6 Å². The van der Waals surface area contributed by atoms with Gasteiger partial charge >= 0.3 is 0 Å². The van der Waals surface area contributed by atoms with Crippen LogP contribution in [0.25, 0.3) is 0 Å². The Hall–Kier alpha value is -3.22. The fraction of sp³-hybridized carbons (Fsp3) is 0.440. The number of carbonyl (C=O) groups is 3. The second kappa shape index (κ2) is 8.73. The van der Waals surface area contributed by atoms with Gasteiger partial charge in [-0.1, -0.05) is 31.0 Å². The van der Waals surface area contributed by atoms with E-state index in [9.17, 15) is 14.4 Å². The number of anilines is 1. The fourth-order valence-electron chi connectivity index (χ4n) is 4.73. The van der Waals surface area contributed by atoms with Crippen LogP contribution in [0, 0.1) is 6.92 Å². The highest BCUT2D eigenvalue weighted by molar-refractivity contribution is 6.13. The van der Waals surface area contributed by atoms with Gasteiger partial charge in [0.1, 0.15) is 17.9 Å². The minimum Gasteiger partial charge on any atom is -0.352 e. The lowest BCUT2D eigenvalue weighted by Gasteiger charge is -2.44. The summed E-state index contributed by atoms with van der Waals surface area (Å²) in [5.74, 6) is -0.367. The quantitative estimate of drug-likeness (QED) is 0.771. The summed E-state index contributed by atoms with van der Waals surface area (Å²) in [4.78, 5) is 46.9. The molecule has 4 rings (SSSR count). The normalized spacial score (nSPS) is 22.8. The van der Waals surface area contributed by atoms with E-state index in [1.165, 1.54) is 4.90 Å². The lowest BCUT2D eigenvalue weighted by molar-refractivity contribution is -0.133. The largest absolute Gasteiger partial charge is 0.352 e. The summed E-state index contributed by atoms with van der Waals surface area (Å²) in [6.07, 6.45) is 9.61. The number of hydrogen-bond acceptors (Lipinski definition) is 4. The molecule has 0 radical (unpaired) electrons. The Morgan fingerprint density at radius 3 is 2.66 bits per heavy atom. The van der Waals surface area contributed by atoms with Crippen LogP contribution in [0.5, 0.6) is 0 Å². The van der Waals surface area contributed by atoms with Gasteiger partial charge in [-0.2, -0.15) is 4.99 Å². The Balaban J connectivity index is 1.67. The van der Waals surface area contributed by atoms with Crippen molar-refractivity contribution in [3.8, 4) is 0 Å².